The van der Waals surface area contributed by atoms with Gasteiger partial charge in [0.2, 0.25) is 0 Å². The summed E-state index contributed by atoms with van der Waals surface area (Å²) in [5.74, 6) is 0.668. The minimum atomic E-state index is 0.408. The maximum atomic E-state index is 5.53. The van der Waals surface area contributed by atoms with E-state index in [2.05, 4.69) is 30.5 Å². The van der Waals surface area contributed by atoms with Crippen molar-refractivity contribution in [2.45, 2.75) is 39.5 Å². The maximum absolute atomic E-state index is 5.53. The summed E-state index contributed by atoms with van der Waals surface area (Å²) in [5.41, 5.74) is 1.26. The number of ether oxygens (including phenoxy) is 1. The lowest BCUT2D eigenvalue weighted by Gasteiger charge is -2.14. The van der Waals surface area contributed by atoms with Crippen molar-refractivity contribution in [1.82, 2.24) is 15.1 Å². The van der Waals surface area contributed by atoms with E-state index >= 15 is 0 Å². The molecule has 0 aromatic carbocycles. The van der Waals surface area contributed by atoms with Gasteiger partial charge in [-0.05, 0) is 26.2 Å². The Hall–Kier alpha value is -0.870. The van der Waals surface area contributed by atoms with Gasteiger partial charge in [-0.25, -0.2) is 0 Å². The molecular weight excluding hydrogens is 202 g/mol. The minimum Gasteiger partial charge on any atom is -0.378 e. The van der Waals surface area contributed by atoms with Gasteiger partial charge in [0.05, 0.1) is 12.3 Å². The Bertz CT molecular complexity index is 324. The zero-order valence-corrected chi connectivity index (χ0v) is 10.1. The molecule has 1 N–H and O–H groups in total. The third-order valence-electron chi connectivity index (χ3n) is 3.28. The van der Waals surface area contributed by atoms with Crippen molar-refractivity contribution in [3.63, 3.8) is 0 Å². The summed E-state index contributed by atoms with van der Waals surface area (Å²) in [6.45, 7) is 8.06. The van der Waals surface area contributed by atoms with Gasteiger partial charge < -0.3 is 10.1 Å². The Kier molecular flexibility index (Phi) is 3.96. The molecule has 0 aliphatic carbocycles. The standard InChI is InChI=1S/C12H21N3O/c1-3-15-9-11(7-14-15)6-13-8-12-4-5-16-10(12)2/h7,9-10,12-13H,3-6,8H2,1-2H3. The zero-order chi connectivity index (χ0) is 11.4. The fourth-order valence-electron chi connectivity index (χ4n) is 2.12. The molecule has 0 spiro atoms. The number of aromatic nitrogens is 2. The SMILES string of the molecule is CCn1cc(CNCC2CCOC2C)cn1. The van der Waals surface area contributed by atoms with Crippen molar-refractivity contribution in [3.8, 4) is 0 Å². The molecule has 4 heteroatoms. The van der Waals surface area contributed by atoms with E-state index in [4.69, 9.17) is 4.74 Å². The molecule has 1 saturated heterocycles. The molecule has 90 valence electrons. The van der Waals surface area contributed by atoms with E-state index in [-0.39, 0.29) is 0 Å². The number of nitrogens with zero attached hydrogens (tertiary/aromatic N) is 2. The topological polar surface area (TPSA) is 39.1 Å². The van der Waals surface area contributed by atoms with Crippen LogP contribution in [0.15, 0.2) is 12.4 Å². The van der Waals surface area contributed by atoms with Crippen molar-refractivity contribution in [3.05, 3.63) is 18.0 Å². The molecule has 16 heavy (non-hydrogen) atoms. The van der Waals surface area contributed by atoms with E-state index in [0.717, 1.165) is 26.2 Å². The maximum Gasteiger partial charge on any atom is 0.0588 e. The molecule has 2 rings (SSSR count). The molecule has 1 fully saturated rings. The van der Waals surface area contributed by atoms with Crippen LogP contribution in [0.25, 0.3) is 0 Å². The first-order chi connectivity index (χ1) is 7.79. The van der Waals surface area contributed by atoms with E-state index < -0.39 is 0 Å². The van der Waals surface area contributed by atoms with Crippen LogP contribution in [0.4, 0.5) is 0 Å². The van der Waals surface area contributed by atoms with Crippen molar-refractivity contribution in [1.29, 1.82) is 0 Å². The lowest BCUT2D eigenvalue weighted by Crippen LogP contribution is -2.26. The van der Waals surface area contributed by atoms with Crippen LogP contribution in [-0.4, -0.2) is 29.0 Å². The summed E-state index contributed by atoms with van der Waals surface area (Å²) >= 11 is 0. The van der Waals surface area contributed by atoms with E-state index in [1.165, 1.54) is 12.0 Å². The molecule has 4 nitrogen and oxygen atoms in total. The number of nitrogens with one attached hydrogen (secondary N) is 1. The highest BCUT2D eigenvalue weighted by molar-refractivity contribution is 5.03. The van der Waals surface area contributed by atoms with E-state index in [1.54, 1.807) is 0 Å². The molecule has 1 aromatic heterocycles. The van der Waals surface area contributed by atoms with Gasteiger partial charge in [-0.15, -0.1) is 0 Å². The van der Waals surface area contributed by atoms with Crippen molar-refractivity contribution in [2.24, 2.45) is 5.92 Å². The monoisotopic (exact) mass is 223 g/mol. The Morgan fingerprint density at radius 1 is 1.62 bits per heavy atom. The minimum absolute atomic E-state index is 0.408. The summed E-state index contributed by atoms with van der Waals surface area (Å²) < 4.78 is 7.49. The van der Waals surface area contributed by atoms with Crippen molar-refractivity contribution >= 4 is 0 Å². The van der Waals surface area contributed by atoms with Crippen LogP contribution >= 0.6 is 0 Å². The van der Waals surface area contributed by atoms with E-state index in [0.29, 0.717) is 12.0 Å². The highest BCUT2D eigenvalue weighted by atomic mass is 16.5. The Balaban J connectivity index is 1.71. The average molecular weight is 223 g/mol. The van der Waals surface area contributed by atoms with Crippen LogP contribution in [0.3, 0.4) is 0 Å². The molecule has 1 aromatic rings. The number of aryl methyl sites for hydroxylation is 1. The second-order valence-corrected chi connectivity index (χ2v) is 4.46. The molecular formula is C12H21N3O. The zero-order valence-electron chi connectivity index (χ0n) is 10.1. The lowest BCUT2D eigenvalue weighted by atomic mass is 10.0. The molecule has 0 bridgehead atoms. The average Bonchev–Trinajstić information content (AvgIpc) is 2.89. The van der Waals surface area contributed by atoms with E-state index in [1.807, 2.05) is 10.9 Å². The summed E-state index contributed by atoms with van der Waals surface area (Å²) in [6.07, 6.45) is 5.63. The molecule has 2 heterocycles. The van der Waals surface area contributed by atoms with Crippen LogP contribution in [0.5, 0.6) is 0 Å². The van der Waals surface area contributed by atoms with Crippen LogP contribution in [0, 0.1) is 5.92 Å². The third kappa shape index (κ3) is 2.83. The van der Waals surface area contributed by atoms with Crippen molar-refractivity contribution in [2.75, 3.05) is 13.2 Å². The summed E-state index contributed by atoms with van der Waals surface area (Å²) in [6, 6.07) is 0. The van der Waals surface area contributed by atoms with Crippen molar-refractivity contribution < 1.29 is 4.74 Å². The van der Waals surface area contributed by atoms with Crippen LogP contribution < -0.4 is 5.32 Å². The number of hydrogen-bond donors (Lipinski definition) is 1. The molecule has 0 radical (unpaired) electrons. The summed E-state index contributed by atoms with van der Waals surface area (Å²) in [4.78, 5) is 0. The molecule has 1 aliphatic heterocycles. The molecule has 1 aliphatic rings. The fourth-order valence-corrected chi connectivity index (χ4v) is 2.12. The Morgan fingerprint density at radius 3 is 3.12 bits per heavy atom. The molecule has 2 unspecified atom stereocenters. The van der Waals surface area contributed by atoms with Gasteiger partial charge in [0.25, 0.3) is 0 Å². The smallest absolute Gasteiger partial charge is 0.0588 e. The van der Waals surface area contributed by atoms with Crippen LogP contribution in [0.2, 0.25) is 0 Å². The predicted octanol–water partition coefficient (Wildman–Crippen LogP) is 1.42. The van der Waals surface area contributed by atoms with Gasteiger partial charge >= 0.3 is 0 Å². The van der Waals surface area contributed by atoms with Gasteiger partial charge in [0.15, 0.2) is 0 Å². The highest BCUT2D eigenvalue weighted by Crippen LogP contribution is 2.19. The van der Waals surface area contributed by atoms with Gasteiger partial charge in [-0.3, -0.25) is 4.68 Å². The quantitative estimate of drug-likeness (QED) is 0.820. The lowest BCUT2D eigenvalue weighted by molar-refractivity contribution is 0.105. The van der Waals surface area contributed by atoms with Gasteiger partial charge in [0.1, 0.15) is 0 Å². The second-order valence-electron chi connectivity index (χ2n) is 4.46. The first kappa shape index (κ1) is 11.6. The van der Waals surface area contributed by atoms with Gasteiger partial charge in [-0.2, -0.15) is 5.10 Å². The van der Waals surface area contributed by atoms with Crippen LogP contribution in [-0.2, 0) is 17.8 Å². The van der Waals surface area contributed by atoms with Gasteiger partial charge in [0, 0.05) is 38.0 Å². The normalized spacial score (nSPS) is 25.1. The molecule has 0 amide bonds. The number of hydrogen-bond acceptors (Lipinski definition) is 3. The predicted molar refractivity (Wildman–Crippen MR) is 63.1 cm³/mol. The first-order valence-electron chi connectivity index (χ1n) is 6.13. The highest BCUT2D eigenvalue weighted by Gasteiger charge is 2.23. The largest absolute Gasteiger partial charge is 0.378 e. The first-order valence-corrected chi connectivity index (χ1v) is 6.13. The molecule has 2 atom stereocenters. The summed E-state index contributed by atoms with van der Waals surface area (Å²) in [5, 5.41) is 7.73. The Morgan fingerprint density at radius 2 is 2.50 bits per heavy atom. The summed E-state index contributed by atoms with van der Waals surface area (Å²) in [7, 11) is 0. The van der Waals surface area contributed by atoms with Crippen LogP contribution in [0.1, 0.15) is 25.8 Å². The second kappa shape index (κ2) is 5.46. The third-order valence-corrected chi connectivity index (χ3v) is 3.28. The molecule has 0 saturated carbocycles. The fraction of sp³-hybridized carbons (Fsp3) is 0.750. The van der Waals surface area contributed by atoms with E-state index in [9.17, 15) is 0 Å². The van der Waals surface area contributed by atoms with Gasteiger partial charge in [-0.1, -0.05) is 0 Å². The Labute approximate surface area is 97.0 Å². The number of rotatable bonds is 5.